The van der Waals surface area contributed by atoms with E-state index in [9.17, 15) is 4.79 Å². The van der Waals surface area contributed by atoms with E-state index in [1.807, 2.05) is 5.97 Å². The van der Waals surface area contributed by atoms with E-state index >= 15 is 0 Å². The van der Waals surface area contributed by atoms with Gasteiger partial charge in [-0.1, -0.05) is 6.82 Å². The van der Waals surface area contributed by atoms with Gasteiger partial charge in [-0.3, -0.25) is 4.79 Å². The van der Waals surface area contributed by atoms with Gasteiger partial charge in [0.25, 0.3) is 12.7 Å². The average Bonchev–Trinajstić information content (AvgIpc) is 1.65. The van der Waals surface area contributed by atoms with Crippen LogP contribution >= 0.6 is 0 Å². The minimum Gasteiger partial charge on any atom is -0.482 e. The maximum atomic E-state index is 9.82. The Morgan fingerprint density at radius 3 is 2.62 bits per heavy atom. The Morgan fingerprint density at radius 2 is 2.50 bits per heavy atom. The molecule has 1 N–H and O–H groups in total. The Labute approximate surface area is 48.0 Å². The quantitative estimate of drug-likeness (QED) is 0.519. The van der Waals surface area contributed by atoms with Gasteiger partial charge in [0.15, 0.2) is 0 Å². The molecule has 0 rings (SSSR count). The molecule has 8 heavy (non-hydrogen) atoms. The third kappa shape index (κ3) is 3.22. The number of nitrogens with zero attached hydrogens (tertiary/aromatic N) is 1. The van der Waals surface area contributed by atoms with E-state index in [0.717, 1.165) is 0 Å². The molecule has 42 valence electrons. The number of nitriles is 1. The highest BCUT2D eigenvalue weighted by molar-refractivity contribution is 6.68. The highest BCUT2D eigenvalue weighted by atomic mass is 16.4. The predicted molar refractivity (Wildman–Crippen MR) is 29.7 cm³/mol. The highest BCUT2D eigenvalue weighted by Crippen LogP contribution is 1.87. The summed E-state index contributed by atoms with van der Waals surface area (Å²) in [7, 11) is 0. The van der Waals surface area contributed by atoms with Crippen LogP contribution in [0, 0.1) is 11.2 Å². The van der Waals surface area contributed by atoms with Crippen LogP contribution in [-0.2, 0) is 4.79 Å². The van der Waals surface area contributed by atoms with Gasteiger partial charge in [-0.2, -0.15) is 0 Å². The summed E-state index contributed by atoms with van der Waals surface area (Å²) >= 11 is 0. The number of carbonyl (C=O) groups is 1. The van der Waals surface area contributed by atoms with Crippen molar-refractivity contribution in [3.8, 4) is 5.97 Å². The molecule has 0 spiro atoms. The molecule has 0 unspecified atom stereocenters. The molecule has 0 atom stereocenters. The third-order valence-corrected chi connectivity index (χ3v) is 0.701. The first-order valence-corrected chi connectivity index (χ1v) is 2.28. The van der Waals surface area contributed by atoms with E-state index in [0.29, 0.717) is 0 Å². The molecule has 0 saturated carbocycles. The van der Waals surface area contributed by atoms with Crippen LogP contribution in [0.5, 0.6) is 0 Å². The molecule has 0 heterocycles. The summed E-state index contributed by atoms with van der Waals surface area (Å²) in [6, 6.07) is 0. The lowest BCUT2D eigenvalue weighted by molar-refractivity contribution is -0.134. The molecule has 0 aliphatic heterocycles. The molecule has 3 nitrogen and oxygen atoms in total. The number of hydrogen-bond acceptors (Lipinski definition) is 2. The maximum absolute atomic E-state index is 9.82. The van der Waals surface area contributed by atoms with Crippen LogP contribution in [0.1, 0.15) is 0 Å². The SMILES string of the molecule is CB(C#N)CC(=O)O. The predicted octanol–water partition coefficient (Wildman–Crippen LogP) is 0.258. The van der Waals surface area contributed by atoms with E-state index in [2.05, 4.69) is 0 Å². The van der Waals surface area contributed by atoms with Gasteiger partial charge in [0.05, 0.1) is 0 Å². The monoisotopic (exact) mass is 111 g/mol. The van der Waals surface area contributed by atoms with Crippen molar-refractivity contribution in [3.05, 3.63) is 0 Å². The van der Waals surface area contributed by atoms with Crippen LogP contribution in [-0.4, -0.2) is 17.8 Å². The standard InChI is InChI=1S/C4H6BNO2/c1-5(3-6)2-4(7)8/h2H2,1H3,(H,7,8). The number of rotatable bonds is 2. The van der Waals surface area contributed by atoms with Crippen molar-refractivity contribution < 1.29 is 9.90 Å². The van der Waals surface area contributed by atoms with E-state index in [4.69, 9.17) is 10.4 Å². The molecule has 0 aromatic rings. The van der Waals surface area contributed by atoms with Crippen LogP contribution < -0.4 is 0 Å². The lowest BCUT2D eigenvalue weighted by Gasteiger charge is -1.86. The molecule has 0 fully saturated rings. The van der Waals surface area contributed by atoms with Gasteiger partial charge >= 0.3 is 0 Å². The van der Waals surface area contributed by atoms with E-state index in [1.165, 1.54) is 0 Å². The Bertz CT molecular complexity index is 128. The van der Waals surface area contributed by atoms with E-state index in [1.54, 1.807) is 6.82 Å². The van der Waals surface area contributed by atoms with Gasteiger partial charge in [0.2, 0.25) is 0 Å². The summed E-state index contributed by atoms with van der Waals surface area (Å²) in [6.07, 6.45) is -0.0590. The van der Waals surface area contributed by atoms with Crippen molar-refractivity contribution in [2.45, 2.75) is 13.1 Å². The molecular weight excluding hydrogens is 105 g/mol. The molecular formula is C4H6BNO2. The first-order chi connectivity index (χ1) is 3.66. The molecule has 0 aliphatic carbocycles. The van der Waals surface area contributed by atoms with E-state index < -0.39 is 5.97 Å². The molecule has 0 bridgehead atoms. The molecule has 0 radical (unpaired) electrons. The second-order valence-corrected chi connectivity index (χ2v) is 1.63. The van der Waals surface area contributed by atoms with Crippen molar-refractivity contribution in [2.75, 3.05) is 0 Å². The number of hydrogen-bond donors (Lipinski definition) is 1. The second kappa shape index (κ2) is 3.08. The normalized spacial score (nSPS) is 7.50. The Hall–Kier alpha value is -0.975. The Balaban J connectivity index is 3.43. The molecule has 4 heteroatoms. The van der Waals surface area contributed by atoms with Crippen molar-refractivity contribution in [1.29, 1.82) is 5.26 Å². The van der Waals surface area contributed by atoms with Gasteiger partial charge in [0.1, 0.15) is 0 Å². The second-order valence-electron chi connectivity index (χ2n) is 1.63. The van der Waals surface area contributed by atoms with Gasteiger partial charge in [-0.05, 0) is 0 Å². The average molecular weight is 111 g/mol. The molecule has 0 aromatic heterocycles. The Kier molecular flexibility index (Phi) is 2.71. The zero-order valence-electron chi connectivity index (χ0n) is 4.59. The van der Waals surface area contributed by atoms with Gasteiger partial charge < -0.3 is 5.11 Å². The fourth-order valence-corrected chi connectivity index (χ4v) is 0.308. The maximum Gasteiger partial charge on any atom is 0.297 e. The smallest absolute Gasteiger partial charge is 0.297 e. The first-order valence-electron chi connectivity index (χ1n) is 2.28. The summed E-state index contributed by atoms with van der Waals surface area (Å²) in [5, 5.41) is 16.1. The van der Waals surface area contributed by atoms with Crippen LogP contribution in [0.15, 0.2) is 0 Å². The fraction of sp³-hybridized carbons (Fsp3) is 0.500. The molecule has 0 aliphatic rings. The van der Waals surface area contributed by atoms with E-state index in [-0.39, 0.29) is 13.0 Å². The van der Waals surface area contributed by atoms with Crippen molar-refractivity contribution >= 4 is 12.7 Å². The zero-order valence-corrected chi connectivity index (χ0v) is 4.59. The van der Waals surface area contributed by atoms with Crippen molar-refractivity contribution in [3.63, 3.8) is 0 Å². The van der Waals surface area contributed by atoms with Crippen LogP contribution in [0.4, 0.5) is 0 Å². The summed E-state index contributed by atoms with van der Waals surface area (Å²) in [4.78, 5) is 9.82. The number of carboxylic acids is 1. The van der Waals surface area contributed by atoms with Crippen LogP contribution in [0.2, 0.25) is 13.1 Å². The summed E-state index contributed by atoms with van der Waals surface area (Å²) < 4.78 is 0. The third-order valence-electron chi connectivity index (χ3n) is 0.701. The highest BCUT2D eigenvalue weighted by Gasteiger charge is 2.09. The van der Waals surface area contributed by atoms with Crippen LogP contribution in [0.3, 0.4) is 0 Å². The topological polar surface area (TPSA) is 61.1 Å². The molecule has 0 aromatic carbocycles. The number of carboxylic acid groups (broad SMARTS) is 1. The number of aliphatic carboxylic acids is 1. The zero-order chi connectivity index (χ0) is 6.57. The first kappa shape index (κ1) is 7.02. The summed E-state index contributed by atoms with van der Waals surface area (Å²) in [6.45, 7) is 1.21. The van der Waals surface area contributed by atoms with Gasteiger partial charge in [0, 0.05) is 12.3 Å². The van der Waals surface area contributed by atoms with Crippen LogP contribution in [0.25, 0.3) is 0 Å². The largest absolute Gasteiger partial charge is 0.482 e. The minimum absolute atomic E-state index is 0.0590. The van der Waals surface area contributed by atoms with Gasteiger partial charge in [-0.15, -0.1) is 0 Å². The minimum atomic E-state index is -0.918. The summed E-state index contributed by atoms with van der Waals surface area (Å²) in [5.74, 6) is 0.898. The van der Waals surface area contributed by atoms with Crippen molar-refractivity contribution in [1.82, 2.24) is 0 Å². The lowest BCUT2D eigenvalue weighted by Crippen LogP contribution is -2.09. The molecule has 0 amide bonds. The van der Waals surface area contributed by atoms with Gasteiger partial charge in [-0.25, -0.2) is 5.26 Å². The molecule has 0 saturated heterocycles. The fourth-order valence-electron chi connectivity index (χ4n) is 0.308. The summed E-state index contributed by atoms with van der Waals surface area (Å²) in [5.41, 5.74) is 0. The lowest BCUT2D eigenvalue weighted by atomic mass is 9.51. The van der Waals surface area contributed by atoms with Crippen molar-refractivity contribution in [2.24, 2.45) is 0 Å². The Morgan fingerprint density at radius 1 is 2.00 bits per heavy atom.